The third-order valence-corrected chi connectivity index (χ3v) is 6.83. The van der Waals surface area contributed by atoms with E-state index < -0.39 is 0 Å². The summed E-state index contributed by atoms with van der Waals surface area (Å²) in [4.78, 5) is 22.9. The maximum absolute atomic E-state index is 13.1. The van der Waals surface area contributed by atoms with Gasteiger partial charge in [-0.15, -0.1) is 11.8 Å². The number of halogens is 1. The van der Waals surface area contributed by atoms with Gasteiger partial charge in [0.2, 0.25) is 5.91 Å². The van der Waals surface area contributed by atoms with Crippen LogP contribution >= 0.6 is 34.7 Å². The molecule has 0 aliphatic heterocycles. The maximum atomic E-state index is 13.1. The van der Waals surface area contributed by atoms with E-state index in [0.29, 0.717) is 17.3 Å². The van der Waals surface area contributed by atoms with Gasteiger partial charge in [0.05, 0.1) is 16.0 Å². The Kier molecular flexibility index (Phi) is 7.95. The van der Waals surface area contributed by atoms with Crippen LogP contribution in [0.25, 0.3) is 10.2 Å². The minimum absolute atomic E-state index is 0.0819. The van der Waals surface area contributed by atoms with E-state index in [-0.39, 0.29) is 5.91 Å². The van der Waals surface area contributed by atoms with E-state index in [0.717, 1.165) is 39.6 Å². The number of aromatic nitrogens is 1. The molecule has 0 aliphatic rings. The maximum Gasteiger partial charge on any atom is 0.239 e. The number of carbonyl (C=O) groups excluding carboxylic acids is 1. The first-order chi connectivity index (χ1) is 14.0. The number of nitrogens with zero attached hydrogens (tertiary/aromatic N) is 3. The number of anilines is 1. The number of amides is 1. The van der Waals surface area contributed by atoms with Crippen molar-refractivity contribution in [2.24, 2.45) is 0 Å². The molecule has 0 saturated heterocycles. The molecule has 3 rings (SSSR count). The summed E-state index contributed by atoms with van der Waals surface area (Å²) in [6.45, 7) is 3.74. The van der Waals surface area contributed by atoms with Gasteiger partial charge in [0.15, 0.2) is 5.13 Å². The Hall–Kier alpha value is -1.60. The molecule has 0 radical (unpaired) electrons. The largest absolute Gasteiger partial charge is 0.309 e. The zero-order valence-corrected chi connectivity index (χ0v) is 19.4. The molecule has 0 atom stereocenters. The second-order valence-electron chi connectivity index (χ2n) is 7.10. The molecule has 7 heteroatoms. The molecule has 29 heavy (non-hydrogen) atoms. The van der Waals surface area contributed by atoms with E-state index in [1.54, 1.807) is 11.3 Å². The van der Waals surface area contributed by atoms with E-state index in [2.05, 4.69) is 30.0 Å². The number of fused-ring (bicyclic) bond motifs is 1. The van der Waals surface area contributed by atoms with Crippen LogP contribution in [-0.2, 0) is 11.2 Å². The van der Waals surface area contributed by atoms with Crippen molar-refractivity contribution in [3.05, 3.63) is 53.1 Å². The summed E-state index contributed by atoms with van der Waals surface area (Å²) in [7, 11) is 4.10. The van der Waals surface area contributed by atoms with Gasteiger partial charge in [0, 0.05) is 16.5 Å². The van der Waals surface area contributed by atoms with E-state index in [4.69, 9.17) is 16.6 Å². The third-order valence-electron chi connectivity index (χ3n) is 4.54. The first-order valence-electron chi connectivity index (χ1n) is 9.69. The Bertz CT molecular complexity index is 956. The highest BCUT2D eigenvalue weighted by atomic mass is 35.5. The lowest BCUT2D eigenvalue weighted by Gasteiger charge is -2.21. The molecule has 4 nitrogen and oxygen atoms in total. The number of carbonyl (C=O) groups is 1. The van der Waals surface area contributed by atoms with Crippen molar-refractivity contribution in [2.45, 2.75) is 24.7 Å². The SMILES string of the molecule is CCc1ccc2nc(N(CCCN(C)C)C(=O)CSc3ccc(Cl)cc3)sc2c1. The lowest BCUT2D eigenvalue weighted by molar-refractivity contribution is -0.116. The van der Waals surface area contributed by atoms with Crippen LogP contribution in [0.2, 0.25) is 5.02 Å². The average molecular weight is 448 g/mol. The summed E-state index contributed by atoms with van der Waals surface area (Å²) < 4.78 is 1.13. The molecule has 1 aromatic heterocycles. The Morgan fingerprint density at radius 1 is 1.14 bits per heavy atom. The minimum atomic E-state index is 0.0819. The Labute approximate surface area is 185 Å². The summed E-state index contributed by atoms with van der Waals surface area (Å²) in [6.07, 6.45) is 1.90. The molecule has 0 spiro atoms. The molecule has 0 N–H and O–H groups in total. The molecule has 0 aliphatic carbocycles. The average Bonchev–Trinajstić information content (AvgIpc) is 3.13. The normalized spacial score (nSPS) is 11.3. The second kappa shape index (κ2) is 10.4. The zero-order chi connectivity index (χ0) is 20.8. The van der Waals surface area contributed by atoms with Crippen LogP contribution in [0.3, 0.4) is 0 Å². The monoisotopic (exact) mass is 447 g/mol. The minimum Gasteiger partial charge on any atom is -0.309 e. The van der Waals surface area contributed by atoms with E-state index in [9.17, 15) is 4.79 Å². The highest BCUT2D eigenvalue weighted by molar-refractivity contribution is 8.00. The smallest absolute Gasteiger partial charge is 0.239 e. The van der Waals surface area contributed by atoms with Gasteiger partial charge in [0.25, 0.3) is 0 Å². The van der Waals surface area contributed by atoms with Crippen LogP contribution in [-0.4, -0.2) is 48.7 Å². The van der Waals surface area contributed by atoms with E-state index >= 15 is 0 Å². The zero-order valence-electron chi connectivity index (χ0n) is 17.0. The molecule has 0 bridgehead atoms. The quantitative estimate of drug-likeness (QED) is 0.400. The standard InChI is InChI=1S/C22H26ClN3OS2/c1-4-16-6-11-19-20(14-16)29-22(24-19)26(13-5-12-25(2)3)21(27)15-28-18-9-7-17(23)8-10-18/h6-11,14H,4-5,12-13,15H2,1-3H3. The van der Waals surface area contributed by atoms with Gasteiger partial charge in [-0.2, -0.15) is 0 Å². The summed E-state index contributed by atoms with van der Waals surface area (Å²) >= 11 is 9.08. The predicted octanol–water partition coefficient (Wildman–Crippen LogP) is 5.59. The first kappa shape index (κ1) is 22.1. The van der Waals surface area contributed by atoms with Crippen molar-refractivity contribution in [2.75, 3.05) is 37.8 Å². The number of rotatable bonds is 9. The van der Waals surface area contributed by atoms with Gasteiger partial charge in [-0.05, 0) is 75.4 Å². The van der Waals surface area contributed by atoms with Crippen LogP contribution in [0.15, 0.2) is 47.4 Å². The fraction of sp³-hybridized carbons (Fsp3) is 0.364. The lowest BCUT2D eigenvalue weighted by atomic mass is 10.2. The van der Waals surface area contributed by atoms with E-state index in [1.807, 2.05) is 43.3 Å². The van der Waals surface area contributed by atoms with Gasteiger partial charge >= 0.3 is 0 Å². The van der Waals surface area contributed by atoms with Gasteiger partial charge in [-0.1, -0.05) is 35.9 Å². The van der Waals surface area contributed by atoms with Crippen LogP contribution in [0.1, 0.15) is 18.9 Å². The van der Waals surface area contributed by atoms with Gasteiger partial charge < -0.3 is 4.90 Å². The molecule has 154 valence electrons. The van der Waals surface area contributed by atoms with Gasteiger partial charge in [-0.25, -0.2) is 4.98 Å². The van der Waals surface area contributed by atoms with Crippen molar-refractivity contribution in [3.8, 4) is 0 Å². The fourth-order valence-corrected chi connectivity index (χ4v) is 4.89. The Balaban J connectivity index is 1.77. The summed E-state index contributed by atoms with van der Waals surface area (Å²) in [5.41, 5.74) is 2.24. The highest BCUT2D eigenvalue weighted by Crippen LogP contribution is 2.31. The predicted molar refractivity (Wildman–Crippen MR) is 127 cm³/mol. The van der Waals surface area contributed by atoms with Crippen LogP contribution in [0.5, 0.6) is 0 Å². The van der Waals surface area contributed by atoms with Crippen molar-refractivity contribution in [1.82, 2.24) is 9.88 Å². The highest BCUT2D eigenvalue weighted by Gasteiger charge is 2.20. The molecule has 0 fully saturated rings. The molecule has 1 heterocycles. The van der Waals surface area contributed by atoms with Crippen LogP contribution in [0.4, 0.5) is 5.13 Å². The van der Waals surface area contributed by atoms with Crippen molar-refractivity contribution in [1.29, 1.82) is 0 Å². The van der Waals surface area contributed by atoms with Crippen molar-refractivity contribution < 1.29 is 4.79 Å². The summed E-state index contributed by atoms with van der Waals surface area (Å²) in [5.74, 6) is 0.457. The van der Waals surface area contributed by atoms with Crippen molar-refractivity contribution >= 4 is 56.0 Å². The van der Waals surface area contributed by atoms with Crippen molar-refractivity contribution in [3.63, 3.8) is 0 Å². The molecular formula is C22H26ClN3OS2. The molecular weight excluding hydrogens is 422 g/mol. The fourth-order valence-electron chi connectivity index (χ4n) is 2.92. The van der Waals surface area contributed by atoms with E-state index in [1.165, 1.54) is 17.3 Å². The third kappa shape index (κ3) is 6.19. The molecule has 0 saturated carbocycles. The number of hydrogen-bond donors (Lipinski definition) is 0. The lowest BCUT2D eigenvalue weighted by Crippen LogP contribution is -2.34. The first-order valence-corrected chi connectivity index (χ1v) is 11.9. The van der Waals surface area contributed by atoms with Gasteiger partial charge in [0.1, 0.15) is 0 Å². The second-order valence-corrected chi connectivity index (χ2v) is 9.59. The summed E-state index contributed by atoms with van der Waals surface area (Å²) in [5, 5.41) is 1.49. The number of aryl methyl sites for hydroxylation is 1. The van der Waals surface area contributed by atoms with Crippen LogP contribution < -0.4 is 4.90 Å². The van der Waals surface area contributed by atoms with Crippen LogP contribution in [0, 0.1) is 0 Å². The number of hydrogen-bond acceptors (Lipinski definition) is 5. The molecule has 0 unspecified atom stereocenters. The topological polar surface area (TPSA) is 36.4 Å². The summed E-state index contributed by atoms with van der Waals surface area (Å²) in [6, 6.07) is 13.9. The number of benzene rings is 2. The molecule has 2 aromatic carbocycles. The number of thioether (sulfide) groups is 1. The molecule has 3 aromatic rings. The number of thiazole rings is 1. The Morgan fingerprint density at radius 3 is 2.59 bits per heavy atom. The van der Waals surface area contributed by atoms with Gasteiger partial charge in [-0.3, -0.25) is 9.69 Å². The Morgan fingerprint density at radius 2 is 1.90 bits per heavy atom. The molecule has 1 amide bonds.